The summed E-state index contributed by atoms with van der Waals surface area (Å²) in [6, 6.07) is 8.73. The molecule has 0 saturated carbocycles. The van der Waals surface area contributed by atoms with Crippen molar-refractivity contribution in [1.29, 1.82) is 0 Å². The van der Waals surface area contributed by atoms with Gasteiger partial charge in [0.05, 0.1) is 12.6 Å². The molecule has 0 N–H and O–H groups in total. The molecule has 1 aliphatic heterocycles. The van der Waals surface area contributed by atoms with Crippen molar-refractivity contribution in [3.8, 4) is 0 Å². The van der Waals surface area contributed by atoms with E-state index in [1.807, 2.05) is 0 Å². The zero-order valence-electron chi connectivity index (χ0n) is 11.5. The molecule has 3 heteroatoms. The van der Waals surface area contributed by atoms with E-state index in [2.05, 4.69) is 29.2 Å². The topological polar surface area (TPSA) is 29.5 Å². The number of carbonyl (C=O) groups excluding carboxylic acids is 1. The van der Waals surface area contributed by atoms with Gasteiger partial charge in [-0.25, -0.2) is 0 Å². The van der Waals surface area contributed by atoms with Crippen LogP contribution in [0, 0.1) is 5.92 Å². The molecule has 3 nitrogen and oxygen atoms in total. The molecule has 2 aliphatic rings. The van der Waals surface area contributed by atoms with Crippen LogP contribution >= 0.6 is 0 Å². The zero-order valence-corrected chi connectivity index (χ0v) is 11.5. The predicted octanol–water partition coefficient (Wildman–Crippen LogP) is 2.04. The predicted molar refractivity (Wildman–Crippen MR) is 74.0 cm³/mol. The Labute approximate surface area is 114 Å². The zero-order chi connectivity index (χ0) is 13.2. The Kier molecular flexibility index (Phi) is 3.56. The molecule has 0 unspecified atom stereocenters. The second-order valence-electron chi connectivity index (χ2n) is 5.66. The van der Waals surface area contributed by atoms with Gasteiger partial charge in [-0.2, -0.15) is 0 Å². The van der Waals surface area contributed by atoms with Crippen molar-refractivity contribution in [2.75, 3.05) is 20.3 Å². The van der Waals surface area contributed by atoms with Gasteiger partial charge in [-0.1, -0.05) is 24.3 Å². The summed E-state index contributed by atoms with van der Waals surface area (Å²) in [7, 11) is 1.71. The quantitative estimate of drug-likeness (QED) is 0.831. The second-order valence-corrected chi connectivity index (χ2v) is 5.66. The summed E-state index contributed by atoms with van der Waals surface area (Å²) in [6.07, 6.45) is 4.01. The average molecular weight is 259 g/mol. The normalized spacial score (nSPS) is 22.8. The lowest BCUT2D eigenvalue weighted by molar-refractivity contribution is -0.137. The lowest BCUT2D eigenvalue weighted by Gasteiger charge is -2.26. The van der Waals surface area contributed by atoms with Gasteiger partial charge >= 0.3 is 0 Å². The smallest absolute Gasteiger partial charge is 0.226 e. The van der Waals surface area contributed by atoms with E-state index in [1.165, 1.54) is 11.1 Å². The number of rotatable bonds is 3. The first-order valence-electron chi connectivity index (χ1n) is 7.16. The van der Waals surface area contributed by atoms with Crippen molar-refractivity contribution < 1.29 is 9.53 Å². The molecule has 1 aliphatic carbocycles. The highest BCUT2D eigenvalue weighted by molar-refractivity contribution is 5.81. The molecule has 1 saturated heterocycles. The van der Waals surface area contributed by atoms with Gasteiger partial charge in [-0.15, -0.1) is 0 Å². The third-order valence-corrected chi connectivity index (χ3v) is 4.42. The summed E-state index contributed by atoms with van der Waals surface area (Å²) in [6.45, 7) is 1.57. The van der Waals surface area contributed by atoms with Gasteiger partial charge in [0.1, 0.15) is 0 Å². The second kappa shape index (κ2) is 5.33. The number of hydrogen-bond acceptors (Lipinski definition) is 2. The van der Waals surface area contributed by atoms with Crippen LogP contribution in [0.3, 0.4) is 0 Å². The van der Waals surface area contributed by atoms with Crippen LogP contribution in [0.4, 0.5) is 0 Å². The van der Waals surface area contributed by atoms with Crippen LogP contribution in [0.1, 0.15) is 24.0 Å². The molecular formula is C16H21NO2. The summed E-state index contributed by atoms with van der Waals surface area (Å²) in [5, 5.41) is 0. The van der Waals surface area contributed by atoms with E-state index in [-0.39, 0.29) is 5.92 Å². The number of nitrogens with zero attached hydrogens (tertiary/aromatic N) is 1. The fourth-order valence-corrected chi connectivity index (χ4v) is 3.46. The molecule has 0 aromatic heterocycles. The number of amides is 1. The highest BCUT2D eigenvalue weighted by Gasteiger charge is 2.35. The van der Waals surface area contributed by atoms with E-state index in [0.29, 0.717) is 18.6 Å². The molecule has 1 fully saturated rings. The maximum absolute atomic E-state index is 12.7. The highest BCUT2D eigenvalue weighted by Crippen LogP contribution is 2.30. The molecule has 1 atom stereocenters. The molecule has 0 radical (unpaired) electrons. The lowest BCUT2D eigenvalue weighted by Crippen LogP contribution is -2.41. The standard InChI is InChI=1S/C16H21NO2/c1-19-11-15-7-4-8-17(15)16(18)14-9-12-5-2-3-6-13(12)10-14/h2-3,5-6,14-15H,4,7-11H2,1H3/t15-/m0/s1. The maximum Gasteiger partial charge on any atom is 0.226 e. The summed E-state index contributed by atoms with van der Waals surface area (Å²) >= 11 is 0. The molecule has 102 valence electrons. The van der Waals surface area contributed by atoms with Gasteiger partial charge < -0.3 is 9.64 Å². The molecule has 3 rings (SSSR count). The Morgan fingerprint density at radius 1 is 1.32 bits per heavy atom. The van der Waals surface area contributed by atoms with Crippen LogP contribution in [0.15, 0.2) is 24.3 Å². The largest absolute Gasteiger partial charge is 0.383 e. The fourth-order valence-electron chi connectivity index (χ4n) is 3.46. The van der Waals surface area contributed by atoms with E-state index in [4.69, 9.17) is 4.74 Å². The Balaban J connectivity index is 1.69. The molecule has 19 heavy (non-hydrogen) atoms. The molecule has 1 aromatic carbocycles. The highest BCUT2D eigenvalue weighted by atomic mass is 16.5. The van der Waals surface area contributed by atoms with Crippen LogP contribution < -0.4 is 0 Å². The van der Waals surface area contributed by atoms with E-state index in [0.717, 1.165) is 32.2 Å². The number of fused-ring (bicyclic) bond motifs is 1. The van der Waals surface area contributed by atoms with Crippen molar-refractivity contribution in [3.63, 3.8) is 0 Å². The number of likely N-dealkylation sites (tertiary alicyclic amines) is 1. The van der Waals surface area contributed by atoms with E-state index in [1.54, 1.807) is 7.11 Å². The lowest BCUT2D eigenvalue weighted by atomic mass is 10.0. The van der Waals surface area contributed by atoms with Gasteiger partial charge in [-0.05, 0) is 36.8 Å². The van der Waals surface area contributed by atoms with Gasteiger partial charge in [0, 0.05) is 19.6 Å². The molecule has 1 amide bonds. The number of methoxy groups -OCH3 is 1. The van der Waals surface area contributed by atoms with Gasteiger partial charge in [-0.3, -0.25) is 4.79 Å². The average Bonchev–Trinajstić information content (AvgIpc) is 3.04. The number of benzene rings is 1. The Bertz CT molecular complexity index is 447. The molecule has 0 bridgehead atoms. The van der Waals surface area contributed by atoms with Gasteiger partial charge in [0.25, 0.3) is 0 Å². The number of hydrogen-bond donors (Lipinski definition) is 0. The van der Waals surface area contributed by atoms with Crippen molar-refractivity contribution in [2.24, 2.45) is 5.92 Å². The van der Waals surface area contributed by atoms with Crippen LogP contribution in [0.25, 0.3) is 0 Å². The van der Waals surface area contributed by atoms with E-state index < -0.39 is 0 Å². The van der Waals surface area contributed by atoms with E-state index >= 15 is 0 Å². The van der Waals surface area contributed by atoms with Crippen LogP contribution in [-0.4, -0.2) is 37.1 Å². The maximum atomic E-state index is 12.7. The summed E-state index contributed by atoms with van der Waals surface area (Å²) in [4.78, 5) is 14.7. The minimum atomic E-state index is 0.148. The summed E-state index contributed by atoms with van der Waals surface area (Å²) in [5.41, 5.74) is 2.70. The number of ether oxygens (including phenoxy) is 1. The SMILES string of the molecule is COC[C@@H]1CCCN1C(=O)C1Cc2ccccc2C1. The molecule has 1 heterocycles. The Morgan fingerprint density at radius 3 is 2.63 bits per heavy atom. The van der Waals surface area contributed by atoms with Crippen molar-refractivity contribution in [2.45, 2.75) is 31.7 Å². The van der Waals surface area contributed by atoms with Gasteiger partial charge in [0.2, 0.25) is 5.91 Å². The van der Waals surface area contributed by atoms with Crippen molar-refractivity contribution in [1.82, 2.24) is 4.90 Å². The van der Waals surface area contributed by atoms with Crippen molar-refractivity contribution in [3.05, 3.63) is 35.4 Å². The van der Waals surface area contributed by atoms with Crippen LogP contribution in [-0.2, 0) is 22.4 Å². The van der Waals surface area contributed by atoms with Crippen LogP contribution in [0.5, 0.6) is 0 Å². The first-order valence-corrected chi connectivity index (χ1v) is 7.16. The van der Waals surface area contributed by atoms with E-state index in [9.17, 15) is 4.79 Å². The van der Waals surface area contributed by atoms with Crippen LogP contribution in [0.2, 0.25) is 0 Å². The minimum absolute atomic E-state index is 0.148. The fraction of sp³-hybridized carbons (Fsp3) is 0.562. The third kappa shape index (κ3) is 2.39. The monoisotopic (exact) mass is 259 g/mol. The molecule has 0 spiro atoms. The first kappa shape index (κ1) is 12.7. The Hall–Kier alpha value is -1.35. The van der Waals surface area contributed by atoms with Gasteiger partial charge in [0.15, 0.2) is 0 Å². The molecular weight excluding hydrogens is 238 g/mol. The minimum Gasteiger partial charge on any atom is -0.383 e. The summed E-state index contributed by atoms with van der Waals surface area (Å²) in [5.74, 6) is 0.477. The third-order valence-electron chi connectivity index (χ3n) is 4.42. The molecule has 1 aromatic rings. The van der Waals surface area contributed by atoms with Crippen molar-refractivity contribution >= 4 is 5.91 Å². The first-order chi connectivity index (χ1) is 9.29. The summed E-state index contributed by atoms with van der Waals surface area (Å²) < 4.78 is 5.24. The Morgan fingerprint density at radius 2 is 2.00 bits per heavy atom. The number of carbonyl (C=O) groups is 1.